The van der Waals surface area contributed by atoms with E-state index < -0.39 is 0 Å². The first-order chi connectivity index (χ1) is 7.13. The second kappa shape index (κ2) is 4.05. The Morgan fingerprint density at radius 2 is 2.07 bits per heavy atom. The maximum atomic E-state index is 11.5. The zero-order chi connectivity index (χ0) is 11.0. The minimum Gasteiger partial charge on any atom is -0.360 e. The standard InChI is InChI=1S/C10H6Cl3NO/c11-3-9(15)6-4-14-8-2-5(12)1-7(13)10(6)8/h1-2,4,14H,3H2. The first-order valence-corrected chi connectivity index (χ1v) is 5.48. The maximum absolute atomic E-state index is 11.5. The van der Waals surface area contributed by atoms with Crippen LogP contribution in [0.5, 0.6) is 0 Å². The van der Waals surface area contributed by atoms with E-state index in [1.54, 1.807) is 18.3 Å². The van der Waals surface area contributed by atoms with Gasteiger partial charge in [-0.25, -0.2) is 0 Å². The Hall–Kier alpha value is -0.700. The maximum Gasteiger partial charge on any atom is 0.179 e. The Kier molecular flexibility index (Phi) is 2.91. The predicted octanol–water partition coefficient (Wildman–Crippen LogP) is 3.90. The largest absolute Gasteiger partial charge is 0.360 e. The van der Waals surface area contributed by atoms with Crippen LogP contribution in [0.25, 0.3) is 10.9 Å². The van der Waals surface area contributed by atoms with Crippen LogP contribution >= 0.6 is 34.8 Å². The Morgan fingerprint density at radius 3 is 2.73 bits per heavy atom. The Bertz CT molecular complexity index is 533. The van der Waals surface area contributed by atoms with Crippen molar-refractivity contribution in [2.45, 2.75) is 0 Å². The molecule has 2 aromatic rings. The van der Waals surface area contributed by atoms with E-state index in [4.69, 9.17) is 34.8 Å². The molecule has 0 aliphatic heterocycles. The molecule has 0 saturated heterocycles. The summed E-state index contributed by atoms with van der Waals surface area (Å²) in [5, 5.41) is 1.65. The van der Waals surface area contributed by atoms with E-state index in [2.05, 4.69) is 4.98 Å². The molecule has 0 unspecified atom stereocenters. The number of fused-ring (bicyclic) bond motifs is 1. The fourth-order valence-corrected chi connectivity index (χ4v) is 2.21. The van der Waals surface area contributed by atoms with Crippen LogP contribution in [-0.2, 0) is 0 Å². The van der Waals surface area contributed by atoms with Gasteiger partial charge in [0, 0.05) is 27.7 Å². The van der Waals surface area contributed by atoms with Crippen molar-refractivity contribution in [1.82, 2.24) is 4.98 Å². The predicted molar refractivity (Wildman–Crippen MR) is 63.4 cm³/mol. The number of H-pyrrole nitrogens is 1. The molecule has 2 nitrogen and oxygen atoms in total. The molecule has 1 aromatic heterocycles. The summed E-state index contributed by atoms with van der Waals surface area (Å²) in [6, 6.07) is 3.32. The Balaban J connectivity index is 2.74. The number of benzene rings is 1. The number of rotatable bonds is 2. The number of aromatic amines is 1. The fraction of sp³-hybridized carbons (Fsp3) is 0.100. The number of halogens is 3. The van der Waals surface area contributed by atoms with Crippen molar-refractivity contribution >= 4 is 51.5 Å². The molecule has 0 saturated carbocycles. The average molecular weight is 263 g/mol. The number of alkyl halides is 1. The summed E-state index contributed by atoms with van der Waals surface area (Å²) >= 11 is 17.3. The number of Topliss-reactive ketones (excluding diaryl/α,β-unsaturated/α-hetero) is 1. The molecule has 0 amide bonds. The van der Waals surface area contributed by atoms with Gasteiger partial charge in [0.15, 0.2) is 5.78 Å². The molecule has 1 N–H and O–H groups in total. The lowest BCUT2D eigenvalue weighted by atomic mass is 10.1. The summed E-state index contributed by atoms with van der Waals surface area (Å²) in [5.41, 5.74) is 1.24. The van der Waals surface area contributed by atoms with Gasteiger partial charge in [-0.2, -0.15) is 0 Å². The molecule has 5 heteroatoms. The van der Waals surface area contributed by atoms with Gasteiger partial charge in [-0.15, -0.1) is 11.6 Å². The third kappa shape index (κ3) is 1.85. The lowest BCUT2D eigenvalue weighted by Gasteiger charge is -1.98. The van der Waals surface area contributed by atoms with E-state index in [-0.39, 0.29) is 11.7 Å². The van der Waals surface area contributed by atoms with Crippen molar-refractivity contribution in [2.75, 3.05) is 5.88 Å². The number of nitrogens with one attached hydrogen (secondary N) is 1. The SMILES string of the molecule is O=C(CCl)c1c[nH]c2cc(Cl)cc(Cl)c12. The van der Waals surface area contributed by atoms with Crippen LogP contribution in [0, 0.1) is 0 Å². The molecular weight excluding hydrogens is 256 g/mol. The monoisotopic (exact) mass is 261 g/mol. The van der Waals surface area contributed by atoms with Gasteiger partial charge in [-0.05, 0) is 12.1 Å². The topological polar surface area (TPSA) is 32.9 Å². The smallest absolute Gasteiger partial charge is 0.179 e. The van der Waals surface area contributed by atoms with Crippen molar-refractivity contribution in [1.29, 1.82) is 0 Å². The molecule has 15 heavy (non-hydrogen) atoms. The van der Waals surface area contributed by atoms with Crippen molar-refractivity contribution in [2.24, 2.45) is 0 Å². The molecule has 0 fully saturated rings. The molecule has 2 rings (SSSR count). The number of ketones is 1. The van der Waals surface area contributed by atoms with E-state index in [0.29, 0.717) is 21.0 Å². The van der Waals surface area contributed by atoms with Gasteiger partial charge in [0.25, 0.3) is 0 Å². The zero-order valence-corrected chi connectivity index (χ0v) is 9.75. The van der Waals surface area contributed by atoms with Crippen LogP contribution in [0.2, 0.25) is 10.0 Å². The molecular formula is C10H6Cl3NO. The van der Waals surface area contributed by atoms with Gasteiger partial charge in [0.2, 0.25) is 0 Å². The molecule has 78 valence electrons. The van der Waals surface area contributed by atoms with Crippen LogP contribution in [0.1, 0.15) is 10.4 Å². The van der Waals surface area contributed by atoms with E-state index in [0.717, 1.165) is 5.52 Å². The van der Waals surface area contributed by atoms with E-state index in [9.17, 15) is 4.79 Å². The third-order valence-electron chi connectivity index (χ3n) is 2.12. The molecule has 0 aliphatic carbocycles. The van der Waals surface area contributed by atoms with Crippen LogP contribution in [0.15, 0.2) is 18.3 Å². The van der Waals surface area contributed by atoms with Crippen molar-refractivity contribution < 1.29 is 4.79 Å². The molecule has 0 radical (unpaired) electrons. The number of carbonyl (C=O) groups excluding carboxylic acids is 1. The number of aromatic nitrogens is 1. The van der Waals surface area contributed by atoms with Crippen LogP contribution in [-0.4, -0.2) is 16.6 Å². The summed E-state index contributed by atoms with van der Waals surface area (Å²) < 4.78 is 0. The molecule has 1 heterocycles. The fourth-order valence-electron chi connectivity index (χ4n) is 1.48. The van der Waals surface area contributed by atoms with Crippen LogP contribution < -0.4 is 0 Å². The highest BCUT2D eigenvalue weighted by molar-refractivity contribution is 6.40. The third-order valence-corrected chi connectivity index (χ3v) is 2.88. The van der Waals surface area contributed by atoms with Gasteiger partial charge < -0.3 is 4.98 Å². The minimum atomic E-state index is -0.160. The number of hydrogen-bond donors (Lipinski definition) is 1. The quantitative estimate of drug-likeness (QED) is 0.646. The highest BCUT2D eigenvalue weighted by Gasteiger charge is 2.14. The van der Waals surface area contributed by atoms with Gasteiger partial charge in [-0.1, -0.05) is 23.2 Å². The highest BCUT2D eigenvalue weighted by atomic mass is 35.5. The molecule has 0 spiro atoms. The Labute approximate surface area is 101 Å². The van der Waals surface area contributed by atoms with Gasteiger partial charge in [0.1, 0.15) is 0 Å². The number of carbonyl (C=O) groups is 1. The molecule has 0 aliphatic rings. The van der Waals surface area contributed by atoms with Crippen LogP contribution in [0.3, 0.4) is 0 Å². The summed E-state index contributed by atoms with van der Waals surface area (Å²) in [5.74, 6) is -0.224. The first-order valence-electron chi connectivity index (χ1n) is 4.18. The lowest BCUT2D eigenvalue weighted by Crippen LogP contribution is -1.98. The second-order valence-corrected chi connectivity index (χ2v) is 4.18. The van der Waals surface area contributed by atoms with Gasteiger partial charge in [-0.3, -0.25) is 4.79 Å². The average Bonchev–Trinajstić information content (AvgIpc) is 2.60. The second-order valence-electron chi connectivity index (χ2n) is 3.07. The summed E-state index contributed by atoms with van der Waals surface area (Å²) in [7, 11) is 0. The molecule has 0 atom stereocenters. The van der Waals surface area contributed by atoms with E-state index >= 15 is 0 Å². The summed E-state index contributed by atoms with van der Waals surface area (Å²) in [4.78, 5) is 14.4. The van der Waals surface area contributed by atoms with Crippen LogP contribution in [0.4, 0.5) is 0 Å². The van der Waals surface area contributed by atoms with E-state index in [1.807, 2.05) is 0 Å². The van der Waals surface area contributed by atoms with Crippen molar-refractivity contribution in [3.63, 3.8) is 0 Å². The Morgan fingerprint density at radius 1 is 1.33 bits per heavy atom. The van der Waals surface area contributed by atoms with Gasteiger partial charge in [0.05, 0.1) is 10.9 Å². The first kappa shape index (κ1) is 10.8. The van der Waals surface area contributed by atoms with Gasteiger partial charge >= 0.3 is 0 Å². The normalized spacial score (nSPS) is 10.9. The number of hydrogen-bond acceptors (Lipinski definition) is 1. The highest BCUT2D eigenvalue weighted by Crippen LogP contribution is 2.30. The van der Waals surface area contributed by atoms with Crippen molar-refractivity contribution in [3.8, 4) is 0 Å². The summed E-state index contributed by atoms with van der Waals surface area (Å²) in [6.45, 7) is 0. The summed E-state index contributed by atoms with van der Waals surface area (Å²) in [6.07, 6.45) is 1.59. The molecule has 1 aromatic carbocycles. The van der Waals surface area contributed by atoms with E-state index in [1.165, 1.54) is 0 Å². The molecule has 0 bridgehead atoms. The van der Waals surface area contributed by atoms with Crippen molar-refractivity contribution in [3.05, 3.63) is 33.9 Å². The minimum absolute atomic E-state index is 0.0636. The zero-order valence-electron chi connectivity index (χ0n) is 7.48. The lowest BCUT2D eigenvalue weighted by molar-refractivity contribution is 0.102.